The first kappa shape index (κ1) is 17.8. The zero-order valence-corrected chi connectivity index (χ0v) is 14.5. The van der Waals surface area contributed by atoms with Crippen molar-refractivity contribution in [1.29, 1.82) is 0 Å². The minimum Gasteiger partial charge on any atom is -0.481 e. The van der Waals surface area contributed by atoms with Gasteiger partial charge in [0.15, 0.2) is 0 Å². The molecule has 0 aromatic heterocycles. The van der Waals surface area contributed by atoms with E-state index < -0.39 is 17.7 Å². The highest BCUT2D eigenvalue weighted by Crippen LogP contribution is 2.26. The van der Waals surface area contributed by atoms with Gasteiger partial charge in [0.1, 0.15) is 5.82 Å². The molecule has 0 saturated carbocycles. The number of rotatable bonds is 3. The first-order chi connectivity index (χ1) is 11.9. The molecule has 0 spiro atoms. The molecule has 6 nitrogen and oxygen atoms in total. The summed E-state index contributed by atoms with van der Waals surface area (Å²) in [5, 5.41) is 12.2. The van der Waals surface area contributed by atoms with Crippen LogP contribution in [0, 0.1) is 11.7 Å². The Bertz CT molecular complexity index is 673. The van der Waals surface area contributed by atoms with Gasteiger partial charge < -0.3 is 20.2 Å². The molecule has 25 heavy (non-hydrogen) atoms. The van der Waals surface area contributed by atoms with Crippen molar-refractivity contribution in [2.45, 2.75) is 25.3 Å². The van der Waals surface area contributed by atoms with Crippen molar-refractivity contribution in [2.75, 3.05) is 31.1 Å². The summed E-state index contributed by atoms with van der Waals surface area (Å²) in [5.41, 5.74) is 0.826. The van der Waals surface area contributed by atoms with Crippen LogP contribution in [-0.4, -0.2) is 54.2 Å². The van der Waals surface area contributed by atoms with Gasteiger partial charge in [-0.3, -0.25) is 4.79 Å². The highest BCUT2D eigenvalue weighted by molar-refractivity contribution is 6.31. The summed E-state index contributed by atoms with van der Waals surface area (Å²) in [6, 6.07) is 4.36. The topological polar surface area (TPSA) is 72.9 Å². The average Bonchev–Trinajstić information content (AvgIpc) is 3.06. The number of nitrogens with one attached hydrogen (secondary N) is 1. The lowest BCUT2D eigenvalue weighted by molar-refractivity contribution is -0.143. The number of carbonyl (C=O) groups is 2. The van der Waals surface area contributed by atoms with Gasteiger partial charge in [0.25, 0.3) is 0 Å². The molecule has 2 saturated heterocycles. The van der Waals surface area contributed by atoms with E-state index in [0.29, 0.717) is 25.9 Å². The first-order valence-corrected chi connectivity index (χ1v) is 8.80. The minimum absolute atomic E-state index is 0.0264. The summed E-state index contributed by atoms with van der Waals surface area (Å²) in [6.07, 6.45) is 2.09. The predicted molar refractivity (Wildman–Crippen MR) is 92.5 cm³/mol. The van der Waals surface area contributed by atoms with Crippen LogP contribution in [0.25, 0.3) is 0 Å². The molecule has 0 bridgehead atoms. The van der Waals surface area contributed by atoms with Gasteiger partial charge in [0.2, 0.25) is 0 Å². The third kappa shape index (κ3) is 4.15. The number of likely N-dealkylation sites (tertiary alicyclic amines) is 1. The van der Waals surface area contributed by atoms with Gasteiger partial charge in [-0.2, -0.15) is 0 Å². The second kappa shape index (κ2) is 7.47. The molecule has 136 valence electrons. The quantitative estimate of drug-likeness (QED) is 0.858. The van der Waals surface area contributed by atoms with Crippen molar-refractivity contribution < 1.29 is 19.1 Å². The Balaban J connectivity index is 1.54. The van der Waals surface area contributed by atoms with Crippen LogP contribution in [0.4, 0.5) is 14.9 Å². The Hall–Kier alpha value is -2.02. The van der Waals surface area contributed by atoms with Gasteiger partial charge in [0.05, 0.1) is 10.9 Å². The summed E-state index contributed by atoms with van der Waals surface area (Å²) in [4.78, 5) is 27.1. The lowest BCUT2D eigenvalue weighted by Crippen LogP contribution is -2.50. The van der Waals surface area contributed by atoms with Crippen molar-refractivity contribution in [3.8, 4) is 0 Å². The number of carboxylic acid groups (broad SMARTS) is 1. The van der Waals surface area contributed by atoms with Gasteiger partial charge in [0, 0.05) is 37.9 Å². The molecule has 2 N–H and O–H groups in total. The van der Waals surface area contributed by atoms with E-state index in [2.05, 4.69) is 5.32 Å². The van der Waals surface area contributed by atoms with Crippen molar-refractivity contribution in [3.63, 3.8) is 0 Å². The van der Waals surface area contributed by atoms with Gasteiger partial charge in [-0.1, -0.05) is 11.6 Å². The number of aliphatic carboxylic acids is 1. The van der Waals surface area contributed by atoms with E-state index in [4.69, 9.17) is 16.7 Å². The molecule has 2 aliphatic rings. The molecule has 2 fully saturated rings. The highest BCUT2D eigenvalue weighted by Gasteiger charge is 2.30. The zero-order chi connectivity index (χ0) is 18.0. The smallest absolute Gasteiger partial charge is 0.317 e. The standard InChI is InChI=1S/C17H21ClFN3O3/c18-14-8-13(3-4-15(14)19)21-7-5-12(10-21)20-17(25)22-6-1-2-11(9-22)16(23)24/h3-4,8,11-12H,1-2,5-7,9-10H2,(H,20,25)(H,23,24). The Labute approximate surface area is 150 Å². The van der Waals surface area contributed by atoms with Gasteiger partial charge >= 0.3 is 12.0 Å². The summed E-state index contributed by atoms with van der Waals surface area (Å²) < 4.78 is 13.3. The number of nitrogens with zero attached hydrogens (tertiary/aromatic N) is 2. The lowest BCUT2D eigenvalue weighted by Gasteiger charge is -2.31. The summed E-state index contributed by atoms with van der Waals surface area (Å²) in [6.45, 7) is 2.19. The van der Waals surface area contributed by atoms with Crippen LogP contribution in [0.1, 0.15) is 19.3 Å². The van der Waals surface area contributed by atoms with E-state index in [1.54, 1.807) is 17.0 Å². The SMILES string of the molecule is O=C(O)C1CCCN(C(=O)NC2CCN(c3ccc(F)c(Cl)c3)C2)C1. The molecule has 2 unspecified atom stereocenters. The van der Waals surface area contributed by atoms with Gasteiger partial charge in [-0.05, 0) is 37.5 Å². The van der Waals surface area contributed by atoms with Gasteiger partial charge in [-0.15, -0.1) is 0 Å². The van der Waals surface area contributed by atoms with Gasteiger partial charge in [-0.25, -0.2) is 9.18 Å². The molecule has 1 aromatic rings. The molecule has 1 aromatic carbocycles. The number of hydrogen-bond acceptors (Lipinski definition) is 3. The van der Waals surface area contributed by atoms with E-state index in [1.165, 1.54) is 6.07 Å². The van der Waals surface area contributed by atoms with Crippen LogP contribution in [0.2, 0.25) is 5.02 Å². The first-order valence-electron chi connectivity index (χ1n) is 8.42. The molecule has 3 rings (SSSR count). The number of amides is 2. The number of benzene rings is 1. The van der Waals surface area contributed by atoms with Crippen LogP contribution in [0.5, 0.6) is 0 Å². The Morgan fingerprint density at radius 2 is 2.04 bits per heavy atom. The number of piperidine rings is 1. The largest absolute Gasteiger partial charge is 0.481 e. The third-order valence-electron chi connectivity index (χ3n) is 4.84. The molecule has 8 heteroatoms. The minimum atomic E-state index is -0.849. The van der Waals surface area contributed by atoms with Crippen LogP contribution in [0.15, 0.2) is 18.2 Å². The zero-order valence-electron chi connectivity index (χ0n) is 13.8. The molecule has 2 heterocycles. The molecule has 2 aliphatic heterocycles. The Morgan fingerprint density at radius 3 is 2.76 bits per heavy atom. The maximum Gasteiger partial charge on any atom is 0.317 e. The van der Waals surface area contributed by atoms with Crippen LogP contribution in [-0.2, 0) is 4.79 Å². The predicted octanol–water partition coefficient (Wildman–Crippen LogP) is 2.56. The van der Waals surface area contributed by atoms with Crippen LogP contribution < -0.4 is 10.2 Å². The molecular weight excluding hydrogens is 349 g/mol. The summed E-state index contributed by atoms with van der Waals surface area (Å²) in [7, 11) is 0. The molecular formula is C17H21ClFN3O3. The highest BCUT2D eigenvalue weighted by atomic mass is 35.5. The van der Waals surface area contributed by atoms with Crippen molar-refractivity contribution in [1.82, 2.24) is 10.2 Å². The fraction of sp³-hybridized carbons (Fsp3) is 0.529. The van der Waals surface area contributed by atoms with E-state index in [-0.39, 0.29) is 23.6 Å². The molecule has 0 aliphatic carbocycles. The maximum absolute atomic E-state index is 13.3. The van der Waals surface area contributed by atoms with E-state index in [1.807, 2.05) is 4.90 Å². The average molecular weight is 370 g/mol. The van der Waals surface area contributed by atoms with Crippen LogP contribution >= 0.6 is 11.6 Å². The molecule has 0 radical (unpaired) electrons. The van der Waals surface area contributed by atoms with E-state index in [0.717, 1.165) is 18.7 Å². The second-order valence-corrected chi connectivity index (χ2v) is 7.01. The maximum atomic E-state index is 13.3. The number of carboxylic acids is 1. The fourth-order valence-corrected chi connectivity index (χ4v) is 3.60. The number of halogens is 2. The van der Waals surface area contributed by atoms with Crippen molar-refractivity contribution in [2.24, 2.45) is 5.92 Å². The van der Waals surface area contributed by atoms with E-state index >= 15 is 0 Å². The second-order valence-electron chi connectivity index (χ2n) is 6.60. The normalized spacial score (nSPS) is 23.6. The number of hydrogen-bond donors (Lipinski definition) is 2. The van der Waals surface area contributed by atoms with Crippen LogP contribution in [0.3, 0.4) is 0 Å². The monoisotopic (exact) mass is 369 g/mol. The third-order valence-corrected chi connectivity index (χ3v) is 5.13. The van der Waals surface area contributed by atoms with E-state index in [9.17, 15) is 14.0 Å². The Morgan fingerprint density at radius 1 is 1.24 bits per heavy atom. The van der Waals surface area contributed by atoms with Crippen molar-refractivity contribution in [3.05, 3.63) is 29.0 Å². The number of anilines is 1. The Kier molecular flexibility index (Phi) is 5.32. The van der Waals surface area contributed by atoms with Crippen molar-refractivity contribution >= 4 is 29.3 Å². The summed E-state index contributed by atoms with van der Waals surface area (Å²) in [5.74, 6) is -1.79. The lowest BCUT2D eigenvalue weighted by atomic mass is 9.99. The number of urea groups is 1. The molecule has 2 amide bonds. The number of carbonyl (C=O) groups excluding carboxylic acids is 1. The fourth-order valence-electron chi connectivity index (χ4n) is 3.42. The summed E-state index contributed by atoms with van der Waals surface area (Å²) >= 11 is 5.83. The molecule has 2 atom stereocenters.